The Hall–Kier alpha value is -2.08. The summed E-state index contributed by atoms with van der Waals surface area (Å²) in [6.07, 6.45) is 0.700. The first-order chi connectivity index (χ1) is 9.04. The Balaban J connectivity index is 2.39. The highest BCUT2D eigenvalue weighted by atomic mass is 16.4. The van der Waals surface area contributed by atoms with Crippen molar-refractivity contribution in [1.29, 1.82) is 0 Å². The summed E-state index contributed by atoms with van der Waals surface area (Å²) in [5, 5.41) is 11.9. The van der Waals surface area contributed by atoms with Gasteiger partial charge in [-0.25, -0.2) is 4.79 Å². The number of anilines is 2. The lowest BCUT2D eigenvalue weighted by atomic mass is 10.1. The summed E-state index contributed by atoms with van der Waals surface area (Å²) in [4.78, 5) is 24.6. The van der Waals surface area contributed by atoms with E-state index >= 15 is 0 Å². The number of benzene rings is 1. The highest BCUT2D eigenvalue weighted by Gasteiger charge is 2.28. The predicted octanol–water partition coefficient (Wildman–Crippen LogP) is 0.881. The summed E-state index contributed by atoms with van der Waals surface area (Å²) in [6.45, 7) is 2.61. The molecule has 6 heteroatoms. The maximum absolute atomic E-state index is 12.0. The smallest absolute Gasteiger partial charge is 0.335 e. The van der Waals surface area contributed by atoms with Crippen molar-refractivity contribution < 1.29 is 14.7 Å². The van der Waals surface area contributed by atoms with Gasteiger partial charge in [0.05, 0.1) is 23.5 Å². The van der Waals surface area contributed by atoms with Crippen LogP contribution in [0, 0.1) is 0 Å². The van der Waals surface area contributed by atoms with Gasteiger partial charge in [0.25, 0.3) is 0 Å². The molecular weight excluding hydrogens is 246 g/mol. The van der Waals surface area contributed by atoms with Gasteiger partial charge in [-0.15, -0.1) is 0 Å². The molecule has 19 heavy (non-hydrogen) atoms. The minimum absolute atomic E-state index is 0.00553. The minimum Gasteiger partial charge on any atom is -0.478 e. The molecule has 4 N–H and O–H groups in total. The van der Waals surface area contributed by atoms with Crippen LogP contribution in [0.1, 0.15) is 23.7 Å². The SMILES string of the molecule is CC(CCN)N1C(=O)CNc2cc(C(=O)O)ccc21. The molecule has 0 saturated heterocycles. The van der Waals surface area contributed by atoms with Crippen molar-refractivity contribution in [2.24, 2.45) is 5.73 Å². The van der Waals surface area contributed by atoms with E-state index < -0.39 is 5.97 Å². The van der Waals surface area contributed by atoms with Crippen molar-refractivity contribution in [3.63, 3.8) is 0 Å². The molecule has 1 aromatic rings. The van der Waals surface area contributed by atoms with Crippen LogP contribution in [-0.2, 0) is 4.79 Å². The van der Waals surface area contributed by atoms with Gasteiger partial charge < -0.3 is 21.1 Å². The average Bonchev–Trinajstić information content (AvgIpc) is 2.38. The van der Waals surface area contributed by atoms with E-state index in [1.165, 1.54) is 6.07 Å². The van der Waals surface area contributed by atoms with Crippen LogP contribution in [0.25, 0.3) is 0 Å². The van der Waals surface area contributed by atoms with Crippen molar-refractivity contribution in [3.05, 3.63) is 23.8 Å². The van der Waals surface area contributed by atoms with Gasteiger partial charge in [-0.2, -0.15) is 0 Å². The van der Waals surface area contributed by atoms with Crippen LogP contribution < -0.4 is 16.0 Å². The largest absolute Gasteiger partial charge is 0.478 e. The summed E-state index contributed by atoms with van der Waals surface area (Å²) in [5.41, 5.74) is 7.12. The number of carbonyl (C=O) groups is 2. The third-order valence-corrected chi connectivity index (χ3v) is 3.23. The van der Waals surface area contributed by atoms with Gasteiger partial charge >= 0.3 is 5.97 Å². The molecule has 1 atom stereocenters. The maximum atomic E-state index is 12.0. The molecule has 6 nitrogen and oxygen atoms in total. The topological polar surface area (TPSA) is 95.7 Å². The Morgan fingerprint density at radius 3 is 2.95 bits per heavy atom. The van der Waals surface area contributed by atoms with Gasteiger partial charge in [-0.05, 0) is 38.1 Å². The first-order valence-corrected chi connectivity index (χ1v) is 6.18. The molecule has 0 saturated carbocycles. The van der Waals surface area contributed by atoms with E-state index in [-0.39, 0.29) is 24.1 Å². The van der Waals surface area contributed by atoms with Crippen LogP contribution in [0.2, 0.25) is 0 Å². The lowest BCUT2D eigenvalue weighted by Crippen LogP contribution is -2.46. The normalized spacial score (nSPS) is 15.7. The second-order valence-corrected chi connectivity index (χ2v) is 4.58. The Morgan fingerprint density at radius 1 is 1.58 bits per heavy atom. The van der Waals surface area contributed by atoms with E-state index in [1.54, 1.807) is 17.0 Å². The number of carbonyl (C=O) groups excluding carboxylic acids is 1. The Labute approximate surface area is 111 Å². The standard InChI is InChI=1S/C13H17N3O3/c1-8(4-5-14)16-11-3-2-9(13(18)19)6-10(11)15-7-12(16)17/h2-3,6,8,15H,4-5,7,14H2,1H3,(H,18,19). The molecule has 1 aliphatic rings. The number of nitrogens with zero attached hydrogens (tertiary/aromatic N) is 1. The van der Waals surface area contributed by atoms with E-state index in [9.17, 15) is 9.59 Å². The summed E-state index contributed by atoms with van der Waals surface area (Å²) < 4.78 is 0. The van der Waals surface area contributed by atoms with Crippen LogP contribution >= 0.6 is 0 Å². The first kappa shape index (κ1) is 13.4. The Bertz CT molecular complexity index is 516. The lowest BCUT2D eigenvalue weighted by Gasteiger charge is -2.35. The number of rotatable bonds is 4. The molecule has 0 bridgehead atoms. The van der Waals surface area contributed by atoms with E-state index in [4.69, 9.17) is 10.8 Å². The summed E-state index contributed by atoms with van der Waals surface area (Å²) >= 11 is 0. The second-order valence-electron chi connectivity index (χ2n) is 4.58. The molecule has 0 spiro atoms. The van der Waals surface area contributed by atoms with E-state index in [1.807, 2.05) is 6.92 Å². The van der Waals surface area contributed by atoms with Crippen LogP contribution in [0.5, 0.6) is 0 Å². The van der Waals surface area contributed by atoms with Crippen molar-refractivity contribution in [1.82, 2.24) is 0 Å². The predicted molar refractivity (Wildman–Crippen MR) is 72.5 cm³/mol. The fourth-order valence-electron chi connectivity index (χ4n) is 2.26. The number of carboxylic acid groups (broad SMARTS) is 1. The third kappa shape index (κ3) is 2.53. The van der Waals surface area contributed by atoms with Crippen LogP contribution in [0.15, 0.2) is 18.2 Å². The number of amides is 1. The maximum Gasteiger partial charge on any atom is 0.335 e. The summed E-state index contributed by atoms with van der Waals surface area (Å²) in [6, 6.07) is 4.71. The number of fused-ring (bicyclic) bond motifs is 1. The number of hydrogen-bond donors (Lipinski definition) is 3. The summed E-state index contributed by atoms with van der Waals surface area (Å²) in [5.74, 6) is -1.01. The second kappa shape index (κ2) is 5.27. The van der Waals surface area contributed by atoms with Gasteiger partial charge in [0.2, 0.25) is 5.91 Å². The number of nitrogens with two attached hydrogens (primary N) is 1. The van der Waals surface area contributed by atoms with Gasteiger partial charge in [0.1, 0.15) is 0 Å². The Kier molecular flexibility index (Phi) is 3.71. The first-order valence-electron chi connectivity index (χ1n) is 6.18. The monoisotopic (exact) mass is 263 g/mol. The van der Waals surface area contributed by atoms with Crippen molar-refractivity contribution >= 4 is 23.3 Å². The zero-order chi connectivity index (χ0) is 14.0. The summed E-state index contributed by atoms with van der Waals surface area (Å²) in [7, 11) is 0. The molecule has 2 rings (SSSR count). The van der Waals surface area contributed by atoms with Crippen molar-refractivity contribution in [2.45, 2.75) is 19.4 Å². The Morgan fingerprint density at radius 2 is 2.32 bits per heavy atom. The van der Waals surface area contributed by atoms with Crippen LogP contribution in [0.3, 0.4) is 0 Å². The van der Waals surface area contributed by atoms with Crippen molar-refractivity contribution in [3.8, 4) is 0 Å². The molecule has 0 radical (unpaired) electrons. The van der Waals surface area contributed by atoms with Gasteiger partial charge in [0.15, 0.2) is 0 Å². The van der Waals surface area contributed by atoms with E-state index in [2.05, 4.69) is 5.32 Å². The van der Waals surface area contributed by atoms with Crippen LogP contribution in [0.4, 0.5) is 11.4 Å². The van der Waals surface area contributed by atoms with E-state index in [0.717, 1.165) is 0 Å². The number of carboxylic acids is 1. The van der Waals surface area contributed by atoms with Crippen LogP contribution in [-0.4, -0.2) is 36.1 Å². The number of nitrogens with one attached hydrogen (secondary N) is 1. The van der Waals surface area contributed by atoms with Crippen molar-refractivity contribution in [2.75, 3.05) is 23.3 Å². The molecule has 0 fully saturated rings. The van der Waals surface area contributed by atoms with Gasteiger partial charge in [-0.3, -0.25) is 4.79 Å². The molecule has 0 aromatic heterocycles. The minimum atomic E-state index is -0.983. The molecule has 0 aliphatic carbocycles. The molecule has 1 aromatic carbocycles. The molecule has 1 heterocycles. The van der Waals surface area contributed by atoms with Gasteiger partial charge in [-0.1, -0.05) is 0 Å². The molecule has 1 unspecified atom stereocenters. The number of aromatic carboxylic acids is 1. The molecule has 102 valence electrons. The fourth-order valence-corrected chi connectivity index (χ4v) is 2.26. The fraction of sp³-hybridized carbons (Fsp3) is 0.385. The zero-order valence-electron chi connectivity index (χ0n) is 10.7. The average molecular weight is 263 g/mol. The van der Waals surface area contributed by atoms with Gasteiger partial charge in [0, 0.05) is 6.04 Å². The highest BCUT2D eigenvalue weighted by Crippen LogP contribution is 2.32. The molecular formula is C13H17N3O3. The third-order valence-electron chi connectivity index (χ3n) is 3.23. The lowest BCUT2D eigenvalue weighted by molar-refractivity contribution is -0.117. The quantitative estimate of drug-likeness (QED) is 0.749. The molecule has 1 aliphatic heterocycles. The van der Waals surface area contributed by atoms with E-state index in [0.29, 0.717) is 24.3 Å². The number of hydrogen-bond acceptors (Lipinski definition) is 4. The molecule has 1 amide bonds. The highest BCUT2D eigenvalue weighted by molar-refractivity contribution is 6.04. The zero-order valence-corrected chi connectivity index (χ0v) is 10.7.